The molecule has 1 unspecified atom stereocenters. The molecule has 28 heavy (non-hydrogen) atoms. The number of hydrogen-bond donors (Lipinski definition) is 2. The van der Waals surface area contributed by atoms with Gasteiger partial charge in [0.25, 0.3) is 5.56 Å². The summed E-state index contributed by atoms with van der Waals surface area (Å²) in [5, 5.41) is 13.0. The van der Waals surface area contributed by atoms with E-state index in [1.165, 1.54) is 34.2 Å². The lowest BCUT2D eigenvalue weighted by Gasteiger charge is -2.09. The zero-order valence-corrected chi connectivity index (χ0v) is 17.3. The molecule has 142 valence electrons. The van der Waals surface area contributed by atoms with Crippen LogP contribution in [0.4, 0.5) is 10.8 Å². The van der Waals surface area contributed by atoms with Gasteiger partial charge in [0.2, 0.25) is 5.13 Å². The number of H-pyrrole nitrogens is 1. The van der Waals surface area contributed by atoms with Crippen LogP contribution in [0, 0.1) is 13.8 Å². The van der Waals surface area contributed by atoms with Gasteiger partial charge in [0.15, 0.2) is 4.34 Å². The van der Waals surface area contributed by atoms with E-state index >= 15 is 0 Å². The molecule has 0 saturated heterocycles. The maximum Gasteiger partial charge on any atom is 0.258 e. The third-order valence-electron chi connectivity index (χ3n) is 4.46. The van der Waals surface area contributed by atoms with Gasteiger partial charge in [-0.3, -0.25) is 4.79 Å². The van der Waals surface area contributed by atoms with E-state index in [0.717, 1.165) is 15.2 Å². The molecule has 4 rings (SSSR count). The zero-order valence-electron chi connectivity index (χ0n) is 15.7. The van der Waals surface area contributed by atoms with Gasteiger partial charge in [-0.15, -0.1) is 10.2 Å². The van der Waals surface area contributed by atoms with Crippen molar-refractivity contribution in [3.63, 3.8) is 0 Å². The molecule has 8 heteroatoms. The lowest BCUT2D eigenvalue weighted by atomic mass is 10.1. The quantitative estimate of drug-likeness (QED) is 0.452. The van der Waals surface area contributed by atoms with Crippen molar-refractivity contribution in [2.75, 3.05) is 5.32 Å². The Kier molecular flexibility index (Phi) is 5.15. The summed E-state index contributed by atoms with van der Waals surface area (Å²) >= 11 is 3.00. The second-order valence-electron chi connectivity index (χ2n) is 6.53. The topological polar surface area (TPSA) is 83.6 Å². The normalized spacial score (nSPS) is 12.2. The van der Waals surface area contributed by atoms with Crippen LogP contribution in [0.3, 0.4) is 0 Å². The number of anilines is 2. The molecule has 0 fully saturated rings. The molecular formula is C20H19N5OS2. The van der Waals surface area contributed by atoms with E-state index < -0.39 is 0 Å². The summed E-state index contributed by atoms with van der Waals surface area (Å²) in [6.45, 7) is 6.17. The number of rotatable bonds is 5. The van der Waals surface area contributed by atoms with Crippen molar-refractivity contribution in [1.29, 1.82) is 0 Å². The first-order chi connectivity index (χ1) is 13.5. The van der Waals surface area contributed by atoms with Crippen molar-refractivity contribution in [1.82, 2.24) is 20.2 Å². The van der Waals surface area contributed by atoms with Gasteiger partial charge in [-0.2, -0.15) is 0 Å². The Labute approximate surface area is 170 Å². The van der Waals surface area contributed by atoms with Gasteiger partial charge in [0, 0.05) is 5.69 Å². The number of benzene rings is 2. The Morgan fingerprint density at radius 1 is 1.11 bits per heavy atom. The minimum atomic E-state index is -0.123. The largest absolute Gasteiger partial charge is 0.330 e. The van der Waals surface area contributed by atoms with Gasteiger partial charge in [-0.25, -0.2) is 4.98 Å². The Morgan fingerprint density at radius 3 is 2.75 bits per heavy atom. The van der Waals surface area contributed by atoms with Crippen molar-refractivity contribution >= 4 is 44.8 Å². The molecule has 0 aliphatic heterocycles. The number of aromatic amines is 1. The van der Waals surface area contributed by atoms with Gasteiger partial charge in [-0.05, 0) is 56.2 Å². The number of aryl methyl sites for hydroxylation is 2. The summed E-state index contributed by atoms with van der Waals surface area (Å²) in [7, 11) is 0. The second-order valence-corrected chi connectivity index (χ2v) is 9.09. The first-order valence-corrected chi connectivity index (χ1v) is 10.5. The Morgan fingerprint density at radius 2 is 1.93 bits per heavy atom. The highest BCUT2D eigenvalue weighted by Gasteiger charge is 2.15. The van der Waals surface area contributed by atoms with E-state index in [-0.39, 0.29) is 10.8 Å². The monoisotopic (exact) mass is 409 g/mol. The van der Waals surface area contributed by atoms with Gasteiger partial charge < -0.3 is 10.3 Å². The SMILES string of the molecule is Cc1ccc(Nc2nnc(SC(C)c3nc4ccccc4c(=O)[nH]3)s2)cc1C. The van der Waals surface area contributed by atoms with E-state index in [1.807, 2.05) is 31.2 Å². The Bertz CT molecular complexity index is 1200. The van der Waals surface area contributed by atoms with Gasteiger partial charge >= 0.3 is 0 Å². The molecule has 4 aromatic rings. The molecule has 2 N–H and O–H groups in total. The van der Waals surface area contributed by atoms with Crippen LogP contribution >= 0.6 is 23.1 Å². The maximum atomic E-state index is 12.3. The van der Waals surface area contributed by atoms with Crippen LogP contribution in [0.2, 0.25) is 0 Å². The van der Waals surface area contributed by atoms with Gasteiger partial charge in [0.1, 0.15) is 5.82 Å². The Balaban J connectivity index is 1.50. The average molecular weight is 410 g/mol. The smallest absolute Gasteiger partial charge is 0.258 e. The molecule has 0 aliphatic carbocycles. The predicted octanol–water partition coefficient (Wildman–Crippen LogP) is 4.99. The molecule has 0 radical (unpaired) electrons. The fraction of sp³-hybridized carbons (Fsp3) is 0.200. The summed E-state index contributed by atoms with van der Waals surface area (Å²) < 4.78 is 0.814. The molecule has 0 aliphatic rings. The van der Waals surface area contributed by atoms with Gasteiger partial charge in [-0.1, -0.05) is 41.3 Å². The minimum Gasteiger partial charge on any atom is -0.330 e. The van der Waals surface area contributed by atoms with Crippen LogP contribution in [0.15, 0.2) is 51.6 Å². The highest BCUT2D eigenvalue weighted by molar-refractivity contribution is 8.01. The first-order valence-electron chi connectivity index (χ1n) is 8.83. The molecular weight excluding hydrogens is 390 g/mol. The van der Waals surface area contributed by atoms with Crippen LogP contribution < -0.4 is 10.9 Å². The number of hydrogen-bond acceptors (Lipinski definition) is 7. The molecule has 2 heterocycles. The van der Waals surface area contributed by atoms with E-state index in [1.54, 1.807) is 6.07 Å². The summed E-state index contributed by atoms with van der Waals surface area (Å²) in [4.78, 5) is 19.7. The highest BCUT2D eigenvalue weighted by Crippen LogP contribution is 2.36. The van der Waals surface area contributed by atoms with Crippen LogP contribution in [0.1, 0.15) is 29.1 Å². The van der Waals surface area contributed by atoms with Crippen molar-refractivity contribution in [3.05, 3.63) is 69.8 Å². The maximum absolute atomic E-state index is 12.3. The van der Waals surface area contributed by atoms with Crippen LogP contribution in [-0.2, 0) is 0 Å². The number of nitrogens with zero attached hydrogens (tertiary/aromatic N) is 3. The number of thioether (sulfide) groups is 1. The fourth-order valence-electron chi connectivity index (χ4n) is 2.75. The molecule has 0 spiro atoms. The summed E-state index contributed by atoms with van der Waals surface area (Å²) in [6.07, 6.45) is 0. The summed E-state index contributed by atoms with van der Waals surface area (Å²) in [5.41, 5.74) is 4.05. The number of nitrogens with one attached hydrogen (secondary N) is 2. The fourth-order valence-corrected chi connectivity index (χ4v) is 4.73. The molecule has 6 nitrogen and oxygen atoms in total. The third kappa shape index (κ3) is 3.93. The van der Waals surface area contributed by atoms with Crippen molar-refractivity contribution in [2.24, 2.45) is 0 Å². The predicted molar refractivity (Wildman–Crippen MR) is 116 cm³/mol. The zero-order chi connectivity index (χ0) is 19.7. The lowest BCUT2D eigenvalue weighted by molar-refractivity contribution is 0.916. The van der Waals surface area contributed by atoms with Crippen molar-refractivity contribution < 1.29 is 0 Å². The van der Waals surface area contributed by atoms with E-state index in [4.69, 9.17) is 0 Å². The number of para-hydroxylation sites is 1. The summed E-state index contributed by atoms with van der Waals surface area (Å²) in [5.74, 6) is 0.632. The number of fused-ring (bicyclic) bond motifs is 1. The lowest BCUT2D eigenvalue weighted by Crippen LogP contribution is -2.12. The third-order valence-corrected chi connectivity index (χ3v) is 6.49. The van der Waals surface area contributed by atoms with Crippen LogP contribution in [-0.4, -0.2) is 20.2 Å². The molecule has 1 atom stereocenters. The highest BCUT2D eigenvalue weighted by atomic mass is 32.2. The van der Waals surface area contributed by atoms with Gasteiger partial charge in [0.05, 0.1) is 16.2 Å². The number of aromatic nitrogens is 4. The standard InChI is InChI=1S/C20H19N5OS2/c1-11-8-9-14(10-12(11)2)21-19-24-25-20(28-19)27-13(3)17-22-16-7-5-4-6-15(16)18(26)23-17/h4-10,13H,1-3H3,(H,21,24)(H,22,23,26). The first kappa shape index (κ1) is 18.6. The Hall–Kier alpha value is -2.71. The van der Waals surface area contributed by atoms with E-state index in [9.17, 15) is 4.79 Å². The molecule has 2 aromatic heterocycles. The second kappa shape index (κ2) is 7.73. The van der Waals surface area contributed by atoms with Crippen LogP contribution in [0.25, 0.3) is 10.9 Å². The van der Waals surface area contributed by atoms with Crippen molar-refractivity contribution in [3.8, 4) is 0 Å². The molecule has 0 amide bonds. The van der Waals surface area contributed by atoms with E-state index in [2.05, 4.69) is 51.5 Å². The minimum absolute atomic E-state index is 0.0558. The van der Waals surface area contributed by atoms with Crippen molar-refractivity contribution in [2.45, 2.75) is 30.4 Å². The molecule has 2 aromatic carbocycles. The molecule has 0 saturated carbocycles. The average Bonchev–Trinajstić information content (AvgIpc) is 3.11. The summed E-state index contributed by atoms with van der Waals surface area (Å²) in [6, 6.07) is 13.5. The van der Waals surface area contributed by atoms with E-state index in [0.29, 0.717) is 16.7 Å². The van der Waals surface area contributed by atoms with Crippen LogP contribution in [0.5, 0.6) is 0 Å². The molecule has 0 bridgehead atoms.